The standard InChI is InChI=1S/C14H15F2N5O5/c15-11(23)9(6-22)26-13(16)21-4-3-10(20-14(21)25)19-12(24)8-2-1-7(17)5-18-8/h1-5,9,11,13,22-23H,6,17H2,(H,19,20,24,25)/t9-,11-,13-/m1/s1. The fraction of sp³-hybridized carbons (Fsp3) is 0.286. The highest BCUT2D eigenvalue weighted by molar-refractivity contribution is 6.02. The molecule has 5 N–H and O–H groups in total. The van der Waals surface area contributed by atoms with Gasteiger partial charge in [0.1, 0.15) is 17.6 Å². The third-order valence-electron chi connectivity index (χ3n) is 3.08. The summed E-state index contributed by atoms with van der Waals surface area (Å²) in [6.45, 7) is -3.52. The molecule has 0 bridgehead atoms. The van der Waals surface area contributed by atoms with Crippen molar-refractivity contribution in [2.45, 2.75) is 18.9 Å². The lowest BCUT2D eigenvalue weighted by Crippen LogP contribution is -2.34. The first kappa shape index (κ1) is 19.4. The lowest BCUT2D eigenvalue weighted by Gasteiger charge is -2.19. The minimum absolute atomic E-state index is 0.0135. The second-order valence-electron chi connectivity index (χ2n) is 4.96. The number of carbonyl (C=O) groups excluding carboxylic acids is 1. The van der Waals surface area contributed by atoms with Gasteiger partial charge in [0.15, 0.2) is 0 Å². The van der Waals surface area contributed by atoms with Gasteiger partial charge in [0.25, 0.3) is 12.4 Å². The molecule has 0 spiro atoms. The molecule has 0 aromatic carbocycles. The molecule has 0 saturated heterocycles. The summed E-state index contributed by atoms with van der Waals surface area (Å²) in [4.78, 5) is 31.0. The number of anilines is 2. The molecule has 2 aromatic rings. The van der Waals surface area contributed by atoms with E-state index < -0.39 is 37.1 Å². The Bertz CT molecular complexity index is 814. The second-order valence-corrected chi connectivity index (χ2v) is 4.96. The van der Waals surface area contributed by atoms with Crippen molar-refractivity contribution in [2.75, 3.05) is 17.7 Å². The summed E-state index contributed by atoms with van der Waals surface area (Å²) in [6.07, 6.45) is -2.37. The molecule has 0 saturated carbocycles. The second kappa shape index (κ2) is 8.42. The molecule has 1 amide bonds. The Hall–Kier alpha value is -2.96. The van der Waals surface area contributed by atoms with Crippen LogP contribution < -0.4 is 16.7 Å². The average Bonchev–Trinajstić information content (AvgIpc) is 2.59. The fourth-order valence-electron chi connectivity index (χ4n) is 1.76. The number of pyridine rings is 1. The van der Waals surface area contributed by atoms with Crippen LogP contribution in [0.15, 0.2) is 35.4 Å². The fourth-order valence-corrected chi connectivity index (χ4v) is 1.76. The molecule has 0 aliphatic carbocycles. The first-order valence-electron chi connectivity index (χ1n) is 7.16. The number of aliphatic hydroxyl groups excluding tert-OH is 2. The zero-order valence-electron chi connectivity index (χ0n) is 13.1. The average molecular weight is 371 g/mol. The number of nitrogen functional groups attached to an aromatic ring is 1. The number of aliphatic hydroxyl groups is 2. The minimum Gasteiger partial charge on any atom is -0.397 e. The lowest BCUT2D eigenvalue weighted by atomic mass is 10.3. The molecule has 3 atom stereocenters. The van der Waals surface area contributed by atoms with E-state index in [4.69, 9.17) is 15.9 Å². The summed E-state index contributed by atoms with van der Waals surface area (Å²) < 4.78 is 31.3. The third-order valence-corrected chi connectivity index (χ3v) is 3.08. The van der Waals surface area contributed by atoms with Crippen molar-refractivity contribution >= 4 is 17.4 Å². The maximum atomic E-state index is 13.9. The third kappa shape index (κ3) is 4.78. The van der Waals surface area contributed by atoms with Crippen LogP contribution in [-0.2, 0) is 4.74 Å². The van der Waals surface area contributed by atoms with Crippen LogP contribution in [-0.4, -0.2) is 49.7 Å². The van der Waals surface area contributed by atoms with E-state index >= 15 is 0 Å². The Kier molecular flexibility index (Phi) is 6.27. The van der Waals surface area contributed by atoms with E-state index in [1.165, 1.54) is 18.3 Å². The number of aromatic nitrogens is 3. The predicted molar refractivity (Wildman–Crippen MR) is 84.3 cm³/mol. The van der Waals surface area contributed by atoms with Crippen LogP contribution >= 0.6 is 0 Å². The highest BCUT2D eigenvalue weighted by Gasteiger charge is 2.24. The number of nitrogens with one attached hydrogen (secondary N) is 1. The number of hydrogen-bond acceptors (Lipinski definition) is 8. The Morgan fingerprint density at radius 3 is 2.65 bits per heavy atom. The molecule has 0 unspecified atom stereocenters. The lowest BCUT2D eigenvalue weighted by molar-refractivity contribution is -0.202. The van der Waals surface area contributed by atoms with E-state index in [0.29, 0.717) is 10.3 Å². The Morgan fingerprint density at radius 1 is 1.38 bits per heavy atom. The van der Waals surface area contributed by atoms with Gasteiger partial charge in [-0.2, -0.15) is 9.37 Å². The molecule has 2 aromatic heterocycles. The van der Waals surface area contributed by atoms with Gasteiger partial charge in [-0.05, 0) is 18.2 Å². The van der Waals surface area contributed by atoms with Crippen LogP contribution in [0.2, 0.25) is 0 Å². The molecule has 26 heavy (non-hydrogen) atoms. The van der Waals surface area contributed by atoms with E-state index in [1.54, 1.807) is 0 Å². The number of amides is 1. The minimum atomic E-state index is -2.65. The largest absolute Gasteiger partial charge is 0.397 e. The molecule has 0 aliphatic rings. The number of halogens is 2. The van der Waals surface area contributed by atoms with E-state index in [0.717, 1.165) is 12.3 Å². The number of alkyl halides is 2. The van der Waals surface area contributed by atoms with Gasteiger partial charge < -0.3 is 26.0 Å². The van der Waals surface area contributed by atoms with Crippen molar-refractivity contribution in [3.8, 4) is 0 Å². The quantitative estimate of drug-likeness (QED) is 0.511. The predicted octanol–water partition coefficient (Wildman–Crippen LogP) is -0.436. The Labute approximate surface area is 144 Å². The van der Waals surface area contributed by atoms with E-state index in [2.05, 4.69) is 20.0 Å². The maximum absolute atomic E-state index is 13.9. The number of carbonyl (C=O) groups is 1. The molecule has 10 nitrogen and oxygen atoms in total. The summed E-state index contributed by atoms with van der Waals surface area (Å²) in [5.41, 5.74) is 4.66. The molecule has 0 aliphatic heterocycles. The summed E-state index contributed by atoms with van der Waals surface area (Å²) in [7, 11) is 0. The van der Waals surface area contributed by atoms with Gasteiger partial charge in [0.2, 0.25) is 6.36 Å². The van der Waals surface area contributed by atoms with Gasteiger partial charge in [-0.1, -0.05) is 0 Å². The molecule has 0 fully saturated rings. The summed E-state index contributed by atoms with van der Waals surface area (Å²) in [5, 5.41) is 19.7. The van der Waals surface area contributed by atoms with Crippen molar-refractivity contribution in [2.24, 2.45) is 0 Å². The van der Waals surface area contributed by atoms with E-state index in [1.807, 2.05) is 0 Å². The van der Waals surface area contributed by atoms with Crippen molar-refractivity contribution in [1.82, 2.24) is 14.5 Å². The van der Waals surface area contributed by atoms with Crippen LogP contribution in [0.25, 0.3) is 0 Å². The van der Waals surface area contributed by atoms with E-state index in [-0.39, 0.29) is 11.5 Å². The summed E-state index contributed by atoms with van der Waals surface area (Å²) >= 11 is 0. The number of ether oxygens (including phenoxy) is 1. The Morgan fingerprint density at radius 2 is 2.12 bits per heavy atom. The van der Waals surface area contributed by atoms with E-state index in [9.17, 15) is 18.4 Å². The zero-order valence-corrected chi connectivity index (χ0v) is 13.1. The highest BCUT2D eigenvalue weighted by atomic mass is 19.2. The van der Waals surface area contributed by atoms with Gasteiger partial charge in [0, 0.05) is 6.20 Å². The maximum Gasteiger partial charge on any atom is 0.353 e. The van der Waals surface area contributed by atoms with Crippen molar-refractivity contribution in [1.29, 1.82) is 0 Å². The van der Waals surface area contributed by atoms with Crippen LogP contribution in [0, 0.1) is 0 Å². The number of hydrogen-bond donors (Lipinski definition) is 4. The van der Waals surface area contributed by atoms with Crippen LogP contribution in [0.1, 0.15) is 17.0 Å². The van der Waals surface area contributed by atoms with Gasteiger partial charge >= 0.3 is 5.69 Å². The number of nitrogens with zero attached hydrogens (tertiary/aromatic N) is 3. The molecule has 2 rings (SSSR count). The molecule has 12 heteroatoms. The van der Waals surface area contributed by atoms with Gasteiger partial charge in [0.05, 0.1) is 18.5 Å². The van der Waals surface area contributed by atoms with Gasteiger partial charge in [-0.25, -0.2) is 18.7 Å². The van der Waals surface area contributed by atoms with Crippen LogP contribution in [0.3, 0.4) is 0 Å². The van der Waals surface area contributed by atoms with Crippen molar-refractivity contribution < 1.29 is 28.5 Å². The molecular formula is C14H15F2N5O5. The molecule has 0 radical (unpaired) electrons. The number of rotatable bonds is 7. The molecule has 140 valence electrons. The molecule has 2 heterocycles. The van der Waals surface area contributed by atoms with Gasteiger partial charge in [-0.3, -0.25) is 4.79 Å². The smallest absolute Gasteiger partial charge is 0.353 e. The highest BCUT2D eigenvalue weighted by Crippen LogP contribution is 2.14. The Balaban J connectivity index is 2.10. The van der Waals surface area contributed by atoms with Gasteiger partial charge in [-0.15, -0.1) is 0 Å². The first-order valence-corrected chi connectivity index (χ1v) is 7.16. The number of nitrogens with two attached hydrogens (primary N) is 1. The van der Waals surface area contributed by atoms with Crippen molar-refractivity contribution in [3.05, 3.63) is 46.8 Å². The van der Waals surface area contributed by atoms with Crippen LogP contribution in [0.4, 0.5) is 20.3 Å². The van der Waals surface area contributed by atoms with Crippen LogP contribution in [0.5, 0.6) is 0 Å². The first-order chi connectivity index (χ1) is 12.3. The summed E-state index contributed by atoms with van der Waals surface area (Å²) in [6, 6.07) is 3.90. The SMILES string of the molecule is Nc1ccc(C(=O)Nc2ccn([C@@H](F)O[C@H](CO)[C@@H](O)F)c(=O)n2)nc1. The zero-order chi connectivity index (χ0) is 19.3. The topological polar surface area (TPSA) is 153 Å². The monoisotopic (exact) mass is 371 g/mol. The molecular weight excluding hydrogens is 356 g/mol. The van der Waals surface area contributed by atoms with Crippen molar-refractivity contribution in [3.63, 3.8) is 0 Å². The summed E-state index contributed by atoms with van der Waals surface area (Å²) in [5.74, 6) is -0.866. The normalized spacial score (nSPS) is 14.5.